The Morgan fingerprint density at radius 1 is 0.327 bits per heavy atom. The first-order valence-corrected chi connectivity index (χ1v) is 21.6. The van der Waals surface area contributed by atoms with E-state index in [1.165, 1.54) is 0 Å². The molecule has 0 fully saturated rings. The molecule has 0 radical (unpaired) electrons. The first-order chi connectivity index (χ1) is 27.1. The van der Waals surface area contributed by atoms with Crippen LogP contribution in [-0.2, 0) is 16.8 Å². The summed E-state index contributed by atoms with van der Waals surface area (Å²) >= 11 is -2.67. The molecule has 3 heterocycles. The molecule has 0 aliphatic carbocycles. The van der Waals surface area contributed by atoms with E-state index < -0.39 is 16.8 Å². The van der Waals surface area contributed by atoms with Gasteiger partial charge in [0.1, 0.15) is 0 Å². The fraction of sp³-hybridized carbons (Fsp3) is 0.0217. The van der Waals surface area contributed by atoms with Crippen molar-refractivity contribution in [3.05, 3.63) is 200 Å². The number of halogens is 2. The van der Waals surface area contributed by atoms with Crippen LogP contribution in [0.3, 0.4) is 0 Å². The third kappa shape index (κ3) is 6.41. The summed E-state index contributed by atoms with van der Waals surface area (Å²) < 4.78 is 4.35. The molecule has 0 bridgehead atoms. The van der Waals surface area contributed by atoms with Gasteiger partial charge in [-0.25, -0.2) is 0 Å². The second-order valence-corrected chi connectivity index (χ2v) is 17.3. The van der Waals surface area contributed by atoms with E-state index in [0.717, 1.165) is 67.5 Å². The summed E-state index contributed by atoms with van der Waals surface area (Å²) in [7, 11) is 15.5. The van der Waals surface area contributed by atoms with Gasteiger partial charge in [0.2, 0.25) is 0 Å². The minimum atomic E-state index is -2.67. The van der Waals surface area contributed by atoms with Crippen LogP contribution in [0.1, 0.15) is 0 Å². The predicted molar refractivity (Wildman–Crippen MR) is 220 cm³/mol. The summed E-state index contributed by atoms with van der Waals surface area (Å²) in [4.78, 5) is 0. The molecular formula is C46H33Cl2MnN6. The van der Waals surface area contributed by atoms with E-state index in [1.54, 1.807) is 0 Å². The van der Waals surface area contributed by atoms with Crippen molar-refractivity contribution in [2.75, 3.05) is 0 Å². The Labute approximate surface area is 332 Å². The van der Waals surface area contributed by atoms with Crippen LogP contribution >= 0.6 is 20.2 Å². The van der Waals surface area contributed by atoms with Crippen molar-refractivity contribution in [3.8, 4) is 67.5 Å². The molecule has 0 aliphatic heterocycles. The van der Waals surface area contributed by atoms with Crippen LogP contribution in [0.15, 0.2) is 200 Å². The molecule has 55 heavy (non-hydrogen) atoms. The van der Waals surface area contributed by atoms with Crippen LogP contribution in [0.2, 0.25) is 0 Å². The van der Waals surface area contributed by atoms with E-state index in [4.69, 9.17) is 35.5 Å². The van der Waals surface area contributed by atoms with E-state index in [2.05, 4.69) is 91.0 Å². The van der Waals surface area contributed by atoms with E-state index in [1.807, 2.05) is 123 Å². The Balaban J connectivity index is 1.47. The van der Waals surface area contributed by atoms with Gasteiger partial charge >= 0.3 is 334 Å². The van der Waals surface area contributed by atoms with Gasteiger partial charge in [-0.1, -0.05) is 0 Å². The van der Waals surface area contributed by atoms with Crippen LogP contribution in [-0.4, -0.2) is 29.3 Å². The Morgan fingerprint density at radius 3 is 0.764 bits per heavy atom. The molecule has 9 rings (SSSR count). The molecule has 0 spiro atoms. The summed E-state index contributed by atoms with van der Waals surface area (Å²) in [6.07, 6.45) is 0. The molecule has 0 atom stereocenters. The van der Waals surface area contributed by atoms with Crippen LogP contribution in [0.5, 0.6) is 0 Å². The average molecular weight is 796 g/mol. The van der Waals surface area contributed by atoms with Gasteiger partial charge in [-0.3, -0.25) is 0 Å². The van der Waals surface area contributed by atoms with Crippen LogP contribution < -0.4 is 0 Å². The second kappa shape index (κ2) is 15.1. The number of nitrogens with zero attached hydrogens (tertiary/aromatic N) is 6. The SMILES string of the molecule is [Cl][Mn]([Cl])[C](n1nc(-c2ccccc2)cc1-c1ccccc1)(n1nc(-c2ccccc2)cc1-c1ccccc1)n1nc(-c2ccccc2)cc1-c1ccccc1. The standard InChI is InChI=1S/C46H33N6.2ClH.Mn/c1-7-19-34(20-8-1)40-31-43(37-25-13-4-14-26-37)50(47-40)46(51-44(38-27-15-5-16-28-38)32-41(48-51)35-21-9-2-10-22-35)52-45(39-29-17-6-18-30-39)33-42(49-52)36-23-11-3-12-24-36;;;/h1-33H;2*1H;/q;;;+2/p-2. The number of rotatable bonds is 10. The Morgan fingerprint density at radius 2 is 0.545 bits per heavy atom. The summed E-state index contributed by atoms with van der Waals surface area (Å²) in [6, 6.07) is 67.4. The molecule has 3 aromatic heterocycles. The van der Waals surface area contributed by atoms with Gasteiger partial charge in [-0.2, -0.15) is 0 Å². The number of benzene rings is 6. The fourth-order valence-electron chi connectivity index (χ4n) is 6.94. The second-order valence-electron chi connectivity index (χ2n) is 12.9. The molecule has 0 aliphatic rings. The zero-order chi connectivity index (χ0) is 37.2. The maximum atomic E-state index is 7.74. The minimum absolute atomic E-state index is 0.759. The molecule has 0 saturated heterocycles. The molecule has 6 nitrogen and oxygen atoms in total. The van der Waals surface area contributed by atoms with E-state index in [-0.39, 0.29) is 0 Å². The van der Waals surface area contributed by atoms with Crippen molar-refractivity contribution in [1.29, 1.82) is 0 Å². The maximum absolute atomic E-state index is 7.74. The van der Waals surface area contributed by atoms with Gasteiger partial charge in [-0.15, -0.1) is 0 Å². The summed E-state index contributed by atoms with van der Waals surface area (Å²) in [5.41, 5.74) is 10.3. The zero-order valence-electron chi connectivity index (χ0n) is 29.4. The van der Waals surface area contributed by atoms with Crippen molar-refractivity contribution in [2.45, 2.75) is 4.69 Å². The van der Waals surface area contributed by atoms with Gasteiger partial charge in [-0.05, 0) is 0 Å². The van der Waals surface area contributed by atoms with Gasteiger partial charge in [0, 0.05) is 0 Å². The van der Waals surface area contributed by atoms with Gasteiger partial charge in [0.15, 0.2) is 0 Å². The predicted octanol–water partition coefficient (Wildman–Crippen LogP) is 11.9. The quantitative estimate of drug-likeness (QED) is 0.130. The van der Waals surface area contributed by atoms with E-state index >= 15 is 0 Å². The topological polar surface area (TPSA) is 53.5 Å². The van der Waals surface area contributed by atoms with Gasteiger partial charge in [0.25, 0.3) is 0 Å². The molecule has 0 amide bonds. The normalized spacial score (nSPS) is 11.8. The van der Waals surface area contributed by atoms with Crippen LogP contribution in [0.4, 0.5) is 0 Å². The first kappa shape index (κ1) is 34.8. The monoisotopic (exact) mass is 794 g/mol. The summed E-state index contributed by atoms with van der Waals surface area (Å²) in [5.74, 6) is 0. The van der Waals surface area contributed by atoms with Crippen molar-refractivity contribution in [2.24, 2.45) is 0 Å². The Kier molecular flexibility index (Phi) is 9.53. The fourth-order valence-corrected chi connectivity index (χ4v) is 9.61. The number of aromatic nitrogens is 6. The molecule has 0 unspecified atom stereocenters. The summed E-state index contributed by atoms with van der Waals surface area (Å²) in [6.45, 7) is 0. The third-order valence-corrected chi connectivity index (χ3v) is 12.5. The molecule has 9 heteroatoms. The third-order valence-electron chi connectivity index (χ3n) is 9.55. The number of hydrogen-bond acceptors (Lipinski definition) is 3. The van der Waals surface area contributed by atoms with Crippen molar-refractivity contribution < 1.29 is 12.1 Å². The molecular weight excluding hydrogens is 762 g/mol. The van der Waals surface area contributed by atoms with Gasteiger partial charge < -0.3 is 0 Å². The van der Waals surface area contributed by atoms with Crippen molar-refractivity contribution in [1.82, 2.24) is 29.3 Å². The molecule has 0 saturated carbocycles. The Hall–Kier alpha value is -5.95. The molecule has 9 aromatic rings. The van der Waals surface area contributed by atoms with Crippen molar-refractivity contribution in [3.63, 3.8) is 0 Å². The van der Waals surface area contributed by atoms with Gasteiger partial charge in [0.05, 0.1) is 0 Å². The van der Waals surface area contributed by atoms with Crippen LogP contribution in [0, 0.1) is 0 Å². The number of hydrogen-bond donors (Lipinski definition) is 0. The molecule has 6 aromatic carbocycles. The summed E-state index contributed by atoms with van der Waals surface area (Å²) in [5, 5.41) is 16.5. The van der Waals surface area contributed by atoms with Crippen LogP contribution in [0.25, 0.3) is 67.5 Å². The van der Waals surface area contributed by atoms with Crippen molar-refractivity contribution >= 4 is 20.2 Å². The first-order valence-electron chi connectivity index (χ1n) is 17.8. The Bertz CT molecular complexity index is 2370. The molecule has 268 valence electrons. The van der Waals surface area contributed by atoms with E-state index in [9.17, 15) is 0 Å². The average Bonchev–Trinajstić information content (AvgIpc) is 4.02. The molecule has 0 N–H and O–H groups in total. The zero-order valence-corrected chi connectivity index (χ0v) is 32.1. The van der Waals surface area contributed by atoms with E-state index in [0.29, 0.717) is 0 Å².